The predicted octanol–water partition coefficient (Wildman–Crippen LogP) is 4.62. The molecule has 0 aromatic heterocycles. The van der Waals surface area contributed by atoms with Crippen molar-refractivity contribution in [3.8, 4) is 0 Å². The topological polar surface area (TPSA) is 63.7 Å². The lowest BCUT2D eigenvalue weighted by Gasteiger charge is -2.24. The SMILES string of the molecule is CCCCN(c1ccc(C(=O)OCC)cc1)S(=O)(=O)c1cccc(Br)c1. The fraction of sp³-hybridized carbons (Fsp3) is 0.316. The van der Waals surface area contributed by atoms with E-state index in [9.17, 15) is 13.2 Å². The molecule has 7 heteroatoms. The summed E-state index contributed by atoms with van der Waals surface area (Å²) in [4.78, 5) is 12.0. The maximum absolute atomic E-state index is 13.1. The second-order valence-electron chi connectivity index (χ2n) is 5.66. The van der Waals surface area contributed by atoms with E-state index in [0.29, 0.717) is 28.9 Å². The third kappa shape index (κ3) is 4.86. The zero-order chi connectivity index (χ0) is 19.2. The molecular weight excluding hydrogens is 418 g/mol. The molecule has 2 aromatic carbocycles. The van der Waals surface area contributed by atoms with E-state index in [4.69, 9.17) is 4.74 Å². The first-order valence-corrected chi connectivity index (χ1v) is 10.7. The number of nitrogens with zero attached hydrogens (tertiary/aromatic N) is 1. The number of hydrogen-bond donors (Lipinski definition) is 0. The molecule has 2 aromatic rings. The normalized spacial score (nSPS) is 11.2. The molecule has 0 radical (unpaired) electrons. The van der Waals surface area contributed by atoms with Gasteiger partial charge in [-0.15, -0.1) is 0 Å². The van der Waals surface area contributed by atoms with E-state index >= 15 is 0 Å². The summed E-state index contributed by atoms with van der Waals surface area (Å²) in [6, 6.07) is 13.1. The molecule has 0 aliphatic rings. The lowest BCUT2D eigenvalue weighted by atomic mass is 10.2. The number of halogens is 1. The van der Waals surface area contributed by atoms with E-state index in [0.717, 1.165) is 12.8 Å². The van der Waals surface area contributed by atoms with E-state index in [1.54, 1.807) is 55.5 Å². The largest absolute Gasteiger partial charge is 0.462 e. The molecule has 0 heterocycles. The Kier molecular flexibility index (Phi) is 7.23. The molecule has 0 fully saturated rings. The van der Waals surface area contributed by atoms with Crippen LogP contribution in [0.25, 0.3) is 0 Å². The van der Waals surface area contributed by atoms with Crippen LogP contribution in [0, 0.1) is 0 Å². The minimum Gasteiger partial charge on any atom is -0.462 e. The predicted molar refractivity (Wildman–Crippen MR) is 106 cm³/mol. The van der Waals surface area contributed by atoms with Gasteiger partial charge in [0.25, 0.3) is 10.0 Å². The zero-order valence-electron chi connectivity index (χ0n) is 14.8. The van der Waals surface area contributed by atoms with Crippen LogP contribution >= 0.6 is 15.9 Å². The number of rotatable bonds is 8. The van der Waals surface area contributed by atoms with Gasteiger partial charge in [0.2, 0.25) is 0 Å². The number of benzene rings is 2. The highest BCUT2D eigenvalue weighted by atomic mass is 79.9. The van der Waals surface area contributed by atoms with E-state index in [2.05, 4.69) is 15.9 Å². The van der Waals surface area contributed by atoms with Crippen LogP contribution < -0.4 is 4.31 Å². The van der Waals surface area contributed by atoms with E-state index < -0.39 is 16.0 Å². The van der Waals surface area contributed by atoms with E-state index in [1.807, 2.05) is 6.92 Å². The molecule has 0 N–H and O–H groups in total. The van der Waals surface area contributed by atoms with Gasteiger partial charge in [0.15, 0.2) is 0 Å². The van der Waals surface area contributed by atoms with Gasteiger partial charge in [-0.25, -0.2) is 13.2 Å². The van der Waals surface area contributed by atoms with Gasteiger partial charge in [-0.2, -0.15) is 0 Å². The van der Waals surface area contributed by atoms with Crippen LogP contribution in [0.1, 0.15) is 37.0 Å². The molecule has 140 valence electrons. The highest BCUT2D eigenvalue weighted by Gasteiger charge is 2.25. The Morgan fingerprint density at radius 2 is 1.81 bits per heavy atom. The van der Waals surface area contributed by atoms with Crippen molar-refractivity contribution >= 4 is 37.6 Å². The fourth-order valence-electron chi connectivity index (χ4n) is 2.42. The Hall–Kier alpha value is -1.86. The van der Waals surface area contributed by atoms with E-state index in [1.165, 1.54) is 4.31 Å². The number of sulfonamides is 1. The lowest BCUT2D eigenvalue weighted by molar-refractivity contribution is 0.0526. The summed E-state index contributed by atoms with van der Waals surface area (Å²) in [5.41, 5.74) is 0.914. The second kappa shape index (κ2) is 9.19. The van der Waals surface area contributed by atoms with Gasteiger partial charge in [0.1, 0.15) is 0 Å². The summed E-state index contributed by atoms with van der Waals surface area (Å²) in [5.74, 6) is -0.422. The molecule has 0 aliphatic carbocycles. The summed E-state index contributed by atoms with van der Waals surface area (Å²) < 4.78 is 33.3. The number of ether oxygens (including phenoxy) is 1. The molecular formula is C19H22BrNO4S. The van der Waals surface area contributed by atoms with Crippen molar-refractivity contribution in [2.75, 3.05) is 17.5 Å². The summed E-state index contributed by atoms with van der Waals surface area (Å²) in [5, 5.41) is 0. The molecule has 5 nitrogen and oxygen atoms in total. The first-order valence-electron chi connectivity index (χ1n) is 8.45. The van der Waals surface area contributed by atoms with Crippen molar-refractivity contribution in [2.45, 2.75) is 31.6 Å². The number of hydrogen-bond acceptors (Lipinski definition) is 4. The lowest BCUT2D eigenvalue weighted by Crippen LogP contribution is -2.32. The average Bonchev–Trinajstić information content (AvgIpc) is 2.62. The number of carbonyl (C=O) groups excluding carboxylic acids is 1. The first kappa shape index (κ1) is 20.5. The molecule has 0 unspecified atom stereocenters. The van der Waals surface area contributed by atoms with Crippen LogP contribution in [0.15, 0.2) is 57.9 Å². The number of anilines is 1. The van der Waals surface area contributed by atoms with Gasteiger partial charge in [-0.05, 0) is 55.8 Å². The summed E-state index contributed by atoms with van der Waals surface area (Å²) in [7, 11) is -3.71. The third-order valence-corrected chi connectivity index (χ3v) is 6.08. The van der Waals surface area contributed by atoms with Crippen molar-refractivity contribution < 1.29 is 17.9 Å². The van der Waals surface area contributed by atoms with Gasteiger partial charge in [-0.3, -0.25) is 4.31 Å². The summed E-state index contributed by atoms with van der Waals surface area (Å²) in [6.07, 6.45) is 1.60. The van der Waals surface area contributed by atoms with Crippen molar-refractivity contribution in [1.29, 1.82) is 0 Å². The second-order valence-corrected chi connectivity index (χ2v) is 8.43. The van der Waals surface area contributed by atoms with Gasteiger partial charge in [0.05, 0.1) is 22.8 Å². The van der Waals surface area contributed by atoms with Gasteiger partial charge >= 0.3 is 5.97 Å². The smallest absolute Gasteiger partial charge is 0.338 e. The fourth-order valence-corrected chi connectivity index (χ4v) is 4.52. The van der Waals surface area contributed by atoms with Crippen LogP contribution in [0.3, 0.4) is 0 Å². The van der Waals surface area contributed by atoms with Gasteiger partial charge in [-0.1, -0.05) is 35.3 Å². The van der Waals surface area contributed by atoms with Crippen LogP contribution in [0.4, 0.5) is 5.69 Å². The maximum Gasteiger partial charge on any atom is 0.338 e. The van der Waals surface area contributed by atoms with Crippen LogP contribution in [0.5, 0.6) is 0 Å². The molecule has 0 bridgehead atoms. The monoisotopic (exact) mass is 439 g/mol. The van der Waals surface area contributed by atoms with Gasteiger partial charge < -0.3 is 4.74 Å². The first-order chi connectivity index (χ1) is 12.4. The van der Waals surface area contributed by atoms with Crippen molar-refractivity contribution in [3.63, 3.8) is 0 Å². The molecule has 0 atom stereocenters. The van der Waals surface area contributed by atoms with Crippen molar-refractivity contribution in [2.24, 2.45) is 0 Å². The zero-order valence-corrected chi connectivity index (χ0v) is 17.2. The molecule has 2 rings (SSSR count). The molecule has 0 saturated heterocycles. The Bertz CT molecular complexity index is 850. The minimum absolute atomic E-state index is 0.220. The third-order valence-electron chi connectivity index (χ3n) is 3.77. The quantitative estimate of drug-likeness (QED) is 0.562. The van der Waals surface area contributed by atoms with Crippen LogP contribution in [-0.4, -0.2) is 27.5 Å². The Morgan fingerprint density at radius 1 is 1.12 bits per heavy atom. The summed E-state index contributed by atoms with van der Waals surface area (Å²) >= 11 is 3.32. The molecule has 26 heavy (non-hydrogen) atoms. The molecule has 0 spiro atoms. The van der Waals surface area contributed by atoms with Crippen LogP contribution in [0.2, 0.25) is 0 Å². The van der Waals surface area contributed by atoms with Crippen molar-refractivity contribution in [3.05, 3.63) is 58.6 Å². The Balaban J connectivity index is 2.39. The molecule has 0 amide bonds. The molecule has 0 saturated carbocycles. The summed E-state index contributed by atoms with van der Waals surface area (Å²) in [6.45, 7) is 4.40. The van der Waals surface area contributed by atoms with E-state index in [-0.39, 0.29) is 4.90 Å². The van der Waals surface area contributed by atoms with Crippen LogP contribution in [-0.2, 0) is 14.8 Å². The minimum atomic E-state index is -3.71. The number of esters is 1. The van der Waals surface area contributed by atoms with Gasteiger partial charge in [0, 0.05) is 11.0 Å². The Morgan fingerprint density at radius 3 is 2.38 bits per heavy atom. The standard InChI is InChI=1S/C19H22BrNO4S/c1-3-5-13-21(26(23,24)18-8-6-7-16(20)14-18)17-11-9-15(10-12-17)19(22)25-4-2/h6-12,14H,3-5,13H2,1-2H3. The highest BCUT2D eigenvalue weighted by molar-refractivity contribution is 9.10. The number of unbranched alkanes of at least 4 members (excludes halogenated alkanes) is 1. The Labute approximate surface area is 163 Å². The van der Waals surface area contributed by atoms with Crippen molar-refractivity contribution in [1.82, 2.24) is 0 Å². The number of carbonyl (C=O) groups is 1. The average molecular weight is 440 g/mol. The maximum atomic E-state index is 13.1. The molecule has 0 aliphatic heterocycles. The highest BCUT2D eigenvalue weighted by Crippen LogP contribution is 2.26.